The largest absolute Gasteiger partial charge is 0.478 e. The number of carboxylic acids is 1. The van der Waals surface area contributed by atoms with Gasteiger partial charge in [-0.3, -0.25) is 4.79 Å². The van der Waals surface area contributed by atoms with Crippen molar-refractivity contribution in [3.05, 3.63) is 52.0 Å². The van der Waals surface area contributed by atoms with E-state index in [0.29, 0.717) is 10.7 Å². The van der Waals surface area contributed by atoms with E-state index in [1.165, 1.54) is 23.5 Å². The minimum atomic E-state index is -0.957. The molecule has 0 saturated carbocycles. The Morgan fingerprint density at radius 1 is 1.20 bits per heavy atom. The van der Waals surface area contributed by atoms with Crippen LogP contribution in [0.1, 0.15) is 38.9 Å². The number of carbonyl (C=O) groups is 2. The van der Waals surface area contributed by atoms with Gasteiger partial charge in [0.2, 0.25) is 0 Å². The van der Waals surface area contributed by atoms with Crippen molar-refractivity contribution >= 4 is 33.9 Å². The van der Waals surface area contributed by atoms with E-state index in [1.807, 2.05) is 19.2 Å². The molecule has 0 fully saturated rings. The number of aryl methyl sites for hydroxylation is 1. The highest BCUT2D eigenvalue weighted by molar-refractivity contribution is 7.14. The molecule has 0 atom stereocenters. The third-order valence-electron chi connectivity index (χ3n) is 3.93. The van der Waals surface area contributed by atoms with Crippen LogP contribution in [0.25, 0.3) is 11.4 Å². The Hall–Kier alpha value is -2.93. The number of benzene rings is 1. The van der Waals surface area contributed by atoms with Crippen LogP contribution in [0.4, 0.5) is 10.8 Å². The van der Waals surface area contributed by atoms with Crippen molar-refractivity contribution in [2.24, 2.45) is 0 Å². The molecular weight excluding hydrogens is 338 g/mol. The topological polar surface area (TPSA) is 95.1 Å². The lowest BCUT2D eigenvalue weighted by Gasteiger charge is -2.02. The minimum Gasteiger partial charge on any atom is -0.478 e. The molecule has 3 rings (SSSR count). The van der Waals surface area contributed by atoms with Crippen LogP contribution in [0, 0.1) is 13.8 Å². The first-order valence-electron chi connectivity index (χ1n) is 7.63. The summed E-state index contributed by atoms with van der Waals surface area (Å²) in [6.45, 7) is 5.34. The fraction of sp³-hybridized carbons (Fsp3) is 0.167. The van der Waals surface area contributed by atoms with Gasteiger partial charge in [-0.25, -0.2) is 9.78 Å². The third-order valence-corrected chi connectivity index (χ3v) is 4.69. The maximum absolute atomic E-state index is 11.8. The maximum Gasteiger partial charge on any atom is 0.335 e. The lowest BCUT2D eigenvalue weighted by molar-refractivity contribution is 0.0696. The van der Waals surface area contributed by atoms with Gasteiger partial charge in [0.25, 0.3) is 0 Å². The molecular formula is C18H17N3O3S. The van der Waals surface area contributed by atoms with Crippen LogP contribution in [0.3, 0.4) is 0 Å². The van der Waals surface area contributed by atoms with Crippen LogP contribution >= 0.6 is 11.3 Å². The zero-order valence-corrected chi connectivity index (χ0v) is 14.8. The highest BCUT2D eigenvalue weighted by atomic mass is 32.1. The molecule has 6 nitrogen and oxygen atoms in total. The van der Waals surface area contributed by atoms with Gasteiger partial charge in [-0.05, 0) is 50.6 Å². The number of carboxylic acid groups (broad SMARTS) is 1. The summed E-state index contributed by atoms with van der Waals surface area (Å²) in [6, 6.07) is 6.47. The number of thiazole rings is 1. The molecule has 3 N–H and O–H groups in total. The van der Waals surface area contributed by atoms with E-state index in [4.69, 9.17) is 5.11 Å². The molecule has 0 saturated heterocycles. The smallest absolute Gasteiger partial charge is 0.335 e. The molecule has 3 aromatic rings. The van der Waals surface area contributed by atoms with E-state index in [2.05, 4.69) is 15.3 Å². The van der Waals surface area contributed by atoms with Crippen LogP contribution in [-0.4, -0.2) is 26.8 Å². The molecule has 128 valence electrons. The second-order valence-corrected chi connectivity index (χ2v) is 6.58. The summed E-state index contributed by atoms with van der Waals surface area (Å²) in [6.07, 6.45) is 0. The molecule has 0 aliphatic heterocycles. The first-order valence-corrected chi connectivity index (χ1v) is 8.51. The SMILES string of the molecule is CC(=O)c1c(C)[nH]c(-c2csc(Nc3ccc(C(=O)O)cc3)n2)c1C. The van der Waals surface area contributed by atoms with Gasteiger partial charge >= 0.3 is 5.97 Å². The molecule has 0 aliphatic carbocycles. The lowest BCUT2D eigenvalue weighted by Crippen LogP contribution is -1.96. The number of nitrogens with zero attached hydrogens (tertiary/aromatic N) is 1. The Labute approximate surface area is 148 Å². The number of hydrogen-bond acceptors (Lipinski definition) is 5. The molecule has 1 aromatic carbocycles. The predicted octanol–water partition coefficient (Wildman–Crippen LogP) is 4.40. The van der Waals surface area contributed by atoms with Crippen molar-refractivity contribution in [3.8, 4) is 11.4 Å². The molecule has 25 heavy (non-hydrogen) atoms. The van der Waals surface area contributed by atoms with Crippen LogP contribution < -0.4 is 5.32 Å². The van der Waals surface area contributed by atoms with Crippen LogP contribution in [-0.2, 0) is 0 Å². The van der Waals surface area contributed by atoms with E-state index in [9.17, 15) is 9.59 Å². The summed E-state index contributed by atoms with van der Waals surface area (Å²) in [4.78, 5) is 30.4. The van der Waals surface area contributed by atoms with Gasteiger partial charge in [0, 0.05) is 22.3 Å². The second-order valence-electron chi connectivity index (χ2n) is 5.73. The van der Waals surface area contributed by atoms with E-state index in [1.54, 1.807) is 19.1 Å². The summed E-state index contributed by atoms with van der Waals surface area (Å²) >= 11 is 1.44. The number of H-pyrrole nitrogens is 1. The van der Waals surface area contributed by atoms with Crippen molar-refractivity contribution in [2.75, 3.05) is 5.32 Å². The molecule has 2 heterocycles. The number of aromatic nitrogens is 2. The van der Waals surface area contributed by atoms with Crippen LogP contribution in [0.15, 0.2) is 29.6 Å². The number of rotatable bonds is 5. The number of nitrogens with one attached hydrogen (secondary N) is 2. The number of ketones is 1. The highest BCUT2D eigenvalue weighted by Gasteiger charge is 2.18. The van der Waals surface area contributed by atoms with Gasteiger partial charge in [-0.15, -0.1) is 11.3 Å². The summed E-state index contributed by atoms with van der Waals surface area (Å²) < 4.78 is 0. The quantitative estimate of drug-likeness (QED) is 0.590. The summed E-state index contributed by atoms with van der Waals surface area (Å²) in [5, 5.41) is 14.7. The number of hydrogen-bond donors (Lipinski definition) is 3. The Bertz CT molecular complexity index is 955. The third kappa shape index (κ3) is 3.32. The molecule has 0 amide bonds. The number of anilines is 2. The van der Waals surface area contributed by atoms with Crippen molar-refractivity contribution in [1.29, 1.82) is 0 Å². The molecule has 0 spiro atoms. The Morgan fingerprint density at radius 2 is 1.88 bits per heavy atom. The zero-order chi connectivity index (χ0) is 18.1. The molecule has 0 unspecified atom stereocenters. The maximum atomic E-state index is 11.8. The summed E-state index contributed by atoms with van der Waals surface area (Å²) in [5.41, 5.74) is 5.05. The molecule has 0 radical (unpaired) electrons. The van der Waals surface area contributed by atoms with Gasteiger partial charge in [0.1, 0.15) is 5.69 Å². The number of carbonyl (C=O) groups excluding carboxylic acids is 1. The first-order chi connectivity index (χ1) is 11.9. The minimum absolute atomic E-state index is 0.0320. The molecule has 2 aromatic heterocycles. The van der Waals surface area contributed by atoms with Gasteiger partial charge in [0.15, 0.2) is 10.9 Å². The lowest BCUT2D eigenvalue weighted by atomic mass is 10.1. The normalized spacial score (nSPS) is 10.7. The molecule has 0 bridgehead atoms. The number of aromatic carboxylic acids is 1. The van der Waals surface area contributed by atoms with Crippen molar-refractivity contribution in [2.45, 2.75) is 20.8 Å². The standard InChI is InChI=1S/C18H17N3O3S/c1-9-15(11(3)22)10(2)19-16(9)14-8-25-18(21-14)20-13-6-4-12(5-7-13)17(23)24/h4-8,19H,1-3H3,(H,20,21)(H,23,24). The monoisotopic (exact) mass is 355 g/mol. The van der Waals surface area contributed by atoms with Gasteiger partial charge < -0.3 is 15.4 Å². The predicted molar refractivity (Wildman–Crippen MR) is 98.1 cm³/mol. The highest BCUT2D eigenvalue weighted by Crippen LogP contribution is 2.31. The fourth-order valence-electron chi connectivity index (χ4n) is 2.80. The molecule has 7 heteroatoms. The number of Topliss-reactive ketones (excluding diaryl/α,β-unsaturated/α-hetero) is 1. The average Bonchev–Trinajstić information content (AvgIpc) is 3.12. The number of aromatic amines is 1. The summed E-state index contributed by atoms with van der Waals surface area (Å²) in [5.74, 6) is -0.924. The Morgan fingerprint density at radius 3 is 2.44 bits per heavy atom. The Kier molecular flexibility index (Phi) is 4.41. The van der Waals surface area contributed by atoms with E-state index >= 15 is 0 Å². The van der Waals surface area contributed by atoms with E-state index in [-0.39, 0.29) is 11.3 Å². The van der Waals surface area contributed by atoms with Gasteiger partial charge in [-0.2, -0.15) is 0 Å². The zero-order valence-electron chi connectivity index (χ0n) is 14.0. The fourth-order valence-corrected chi connectivity index (χ4v) is 3.52. The van der Waals surface area contributed by atoms with Gasteiger partial charge in [0.05, 0.1) is 11.3 Å². The van der Waals surface area contributed by atoms with Gasteiger partial charge in [-0.1, -0.05) is 0 Å². The van der Waals surface area contributed by atoms with Crippen molar-refractivity contribution in [3.63, 3.8) is 0 Å². The average molecular weight is 355 g/mol. The first kappa shape index (κ1) is 16.9. The Balaban J connectivity index is 1.84. The van der Waals surface area contributed by atoms with E-state index < -0.39 is 5.97 Å². The molecule has 0 aliphatic rings. The second kappa shape index (κ2) is 6.52. The van der Waals surface area contributed by atoms with Crippen LogP contribution in [0.5, 0.6) is 0 Å². The summed E-state index contributed by atoms with van der Waals surface area (Å²) in [7, 11) is 0. The van der Waals surface area contributed by atoms with Crippen molar-refractivity contribution < 1.29 is 14.7 Å². The van der Waals surface area contributed by atoms with E-state index in [0.717, 1.165) is 28.3 Å². The van der Waals surface area contributed by atoms with Crippen molar-refractivity contribution in [1.82, 2.24) is 9.97 Å². The van der Waals surface area contributed by atoms with Crippen LogP contribution in [0.2, 0.25) is 0 Å².